The van der Waals surface area contributed by atoms with Crippen LogP contribution in [0.4, 0.5) is 0 Å². The minimum absolute atomic E-state index is 0.0628. The molecule has 14 N–H and O–H groups in total. The number of thiol groups is 1. The molecule has 0 aromatic rings. The number of carboxylic acids is 1. The van der Waals surface area contributed by atoms with Crippen molar-refractivity contribution in [1.29, 1.82) is 0 Å². The summed E-state index contributed by atoms with van der Waals surface area (Å²) in [4.78, 5) is 89.0. The van der Waals surface area contributed by atoms with Crippen molar-refractivity contribution in [2.75, 3.05) is 32.1 Å². The summed E-state index contributed by atoms with van der Waals surface area (Å²) in [6.07, 6.45) is 1.03. The third-order valence-electron chi connectivity index (χ3n) is 7.13. The number of unbranched alkanes of at least 4 members (excludes halogenated alkanes) is 1. The van der Waals surface area contributed by atoms with Gasteiger partial charge in [0.15, 0.2) is 0 Å². The Bertz CT molecular complexity index is 1110. The van der Waals surface area contributed by atoms with Crippen molar-refractivity contribution < 1.29 is 54.0 Å². The molecule has 49 heavy (non-hydrogen) atoms. The molecular formula is C29H54N8O11S. The van der Waals surface area contributed by atoms with Gasteiger partial charge in [-0.25, -0.2) is 4.79 Å². The van der Waals surface area contributed by atoms with Gasteiger partial charge in [0.1, 0.15) is 42.3 Å². The van der Waals surface area contributed by atoms with Crippen molar-refractivity contribution >= 4 is 54.0 Å². The molecule has 7 unspecified atom stereocenters. The Morgan fingerprint density at radius 3 is 1.55 bits per heavy atom. The molecule has 0 aromatic carbocycles. The number of nitrogens with two attached hydrogens (primary N) is 2. The zero-order chi connectivity index (χ0) is 37.8. The predicted octanol–water partition coefficient (Wildman–Crippen LogP) is -4.96. The van der Waals surface area contributed by atoms with E-state index in [1.54, 1.807) is 27.7 Å². The Morgan fingerprint density at radius 2 is 1.08 bits per heavy atom. The number of aliphatic hydroxyl groups is 3. The second-order valence-corrected chi connectivity index (χ2v) is 12.5. The lowest BCUT2D eigenvalue weighted by molar-refractivity contribution is -0.143. The molecule has 0 spiro atoms. The van der Waals surface area contributed by atoms with Crippen LogP contribution in [-0.2, 0) is 33.6 Å². The van der Waals surface area contributed by atoms with E-state index in [1.165, 1.54) is 0 Å². The van der Waals surface area contributed by atoms with Crippen LogP contribution >= 0.6 is 12.6 Å². The van der Waals surface area contributed by atoms with E-state index in [9.17, 15) is 48.9 Å². The SMILES string of the molecule is CC(C)CC(NC(=O)C(NC(=O)C(CS)NC(=O)C(CCCCN)NC(=O)C(CO)NC(=O)C(N)CO)C(C)C)C(=O)NC(CO)C(=O)O. The molecule has 0 radical (unpaired) electrons. The zero-order valence-electron chi connectivity index (χ0n) is 28.3. The molecule has 0 saturated heterocycles. The summed E-state index contributed by atoms with van der Waals surface area (Å²) in [6, 6.07) is -9.45. The molecule has 7 atom stereocenters. The van der Waals surface area contributed by atoms with Gasteiger partial charge in [-0.3, -0.25) is 28.8 Å². The summed E-state index contributed by atoms with van der Waals surface area (Å²) >= 11 is 4.16. The highest BCUT2D eigenvalue weighted by Crippen LogP contribution is 2.10. The van der Waals surface area contributed by atoms with Crippen LogP contribution in [0, 0.1) is 11.8 Å². The van der Waals surface area contributed by atoms with Gasteiger partial charge in [-0.05, 0) is 44.1 Å². The zero-order valence-corrected chi connectivity index (χ0v) is 29.2. The van der Waals surface area contributed by atoms with E-state index in [2.05, 4.69) is 44.5 Å². The Labute approximate surface area is 290 Å². The number of hydrogen-bond acceptors (Lipinski definition) is 13. The van der Waals surface area contributed by atoms with E-state index in [-0.39, 0.29) is 31.1 Å². The van der Waals surface area contributed by atoms with Gasteiger partial charge in [0, 0.05) is 5.75 Å². The first-order valence-corrected chi connectivity index (χ1v) is 16.5. The molecule has 0 aliphatic carbocycles. The number of carbonyl (C=O) groups is 7. The van der Waals surface area contributed by atoms with Gasteiger partial charge < -0.3 is 63.8 Å². The van der Waals surface area contributed by atoms with Gasteiger partial charge in [-0.15, -0.1) is 0 Å². The molecule has 0 rings (SSSR count). The largest absolute Gasteiger partial charge is 0.480 e. The number of aliphatic carboxylic acids is 1. The molecule has 0 aliphatic heterocycles. The summed E-state index contributed by atoms with van der Waals surface area (Å²) in [5.74, 6) is -7.46. The lowest BCUT2D eigenvalue weighted by Gasteiger charge is -2.28. The van der Waals surface area contributed by atoms with Gasteiger partial charge in [0.25, 0.3) is 0 Å². The average molecular weight is 723 g/mol. The van der Waals surface area contributed by atoms with E-state index in [0.717, 1.165) is 0 Å². The van der Waals surface area contributed by atoms with Crippen LogP contribution in [-0.4, -0.2) is 136 Å². The van der Waals surface area contributed by atoms with Crippen LogP contribution in [0.15, 0.2) is 0 Å². The maximum atomic E-state index is 13.3. The standard InChI is InChI=1S/C29H54N8O11S/c1-14(2)9-18(25(43)35-20(12-40)29(47)48)33-28(46)22(15(3)4)37-27(45)21(13-49)36-24(42)17(7-5-6-8-30)32-26(44)19(11-39)34-23(41)16(31)10-38/h14-22,38-40,49H,5-13,30-31H2,1-4H3,(H,32,44)(H,33,46)(H,34,41)(H,35,43)(H,36,42)(H,37,45)(H,47,48). The van der Waals surface area contributed by atoms with Crippen molar-refractivity contribution in [3.05, 3.63) is 0 Å². The molecule has 20 heteroatoms. The average Bonchev–Trinajstić information content (AvgIpc) is 3.04. The number of carbonyl (C=O) groups excluding carboxylic acids is 6. The van der Waals surface area contributed by atoms with E-state index in [1.807, 2.05) is 0 Å². The van der Waals surface area contributed by atoms with Crippen molar-refractivity contribution in [1.82, 2.24) is 31.9 Å². The minimum Gasteiger partial charge on any atom is -0.480 e. The highest BCUT2D eigenvalue weighted by atomic mass is 32.1. The molecule has 0 aliphatic rings. The number of carboxylic acid groups (broad SMARTS) is 1. The van der Waals surface area contributed by atoms with Crippen LogP contribution in [0.1, 0.15) is 53.4 Å². The molecule has 0 heterocycles. The van der Waals surface area contributed by atoms with Crippen molar-refractivity contribution in [3.8, 4) is 0 Å². The number of aliphatic hydroxyl groups excluding tert-OH is 3. The smallest absolute Gasteiger partial charge is 0.328 e. The fourth-order valence-electron chi connectivity index (χ4n) is 4.27. The topological polar surface area (TPSA) is 325 Å². The molecule has 0 bridgehead atoms. The summed E-state index contributed by atoms with van der Waals surface area (Å²) in [7, 11) is 0. The van der Waals surface area contributed by atoms with Gasteiger partial charge >= 0.3 is 5.97 Å². The molecule has 6 amide bonds. The molecule has 0 saturated carbocycles. The monoisotopic (exact) mass is 722 g/mol. The highest BCUT2D eigenvalue weighted by molar-refractivity contribution is 7.80. The maximum absolute atomic E-state index is 13.3. The number of hydrogen-bond donors (Lipinski definition) is 13. The van der Waals surface area contributed by atoms with Crippen LogP contribution in [0.3, 0.4) is 0 Å². The molecule has 282 valence electrons. The fraction of sp³-hybridized carbons (Fsp3) is 0.759. The van der Waals surface area contributed by atoms with Gasteiger partial charge in [0.2, 0.25) is 35.4 Å². The first kappa shape index (κ1) is 45.4. The van der Waals surface area contributed by atoms with Gasteiger partial charge in [-0.1, -0.05) is 27.7 Å². The summed E-state index contributed by atoms with van der Waals surface area (Å²) < 4.78 is 0. The van der Waals surface area contributed by atoms with E-state index in [0.29, 0.717) is 12.8 Å². The van der Waals surface area contributed by atoms with E-state index < -0.39 is 109 Å². The summed E-state index contributed by atoms with van der Waals surface area (Å²) in [5, 5.41) is 51.5. The fourth-order valence-corrected chi connectivity index (χ4v) is 4.52. The lowest BCUT2D eigenvalue weighted by atomic mass is 9.99. The number of rotatable bonds is 24. The second kappa shape index (κ2) is 23.7. The van der Waals surface area contributed by atoms with Crippen molar-refractivity contribution in [3.63, 3.8) is 0 Å². The predicted molar refractivity (Wildman–Crippen MR) is 180 cm³/mol. The highest BCUT2D eigenvalue weighted by Gasteiger charge is 2.34. The summed E-state index contributed by atoms with van der Waals surface area (Å²) in [6.45, 7) is 4.63. The summed E-state index contributed by atoms with van der Waals surface area (Å²) in [5.41, 5.74) is 11.0. The molecular weight excluding hydrogens is 668 g/mol. The molecule has 0 aromatic heterocycles. The Balaban J connectivity index is 5.87. The third kappa shape index (κ3) is 16.6. The molecule has 0 fully saturated rings. The number of amides is 6. The Morgan fingerprint density at radius 1 is 0.612 bits per heavy atom. The van der Waals surface area contributed by atoms with E-state index >= 15 is 0 Å². The second-order valence-electron chi connectivity index (χ2n) is 12.1. The van der Waals surface area contributed by atoms with Gasteiger partial charge in [-0.2, -0.15) is 12.6 Å². The quantitative estimate of drug-likeness (QED) is 0.0328. The third-order valence-corrected chi connectivity index (χ3v) is 7.49. The first-order valence-electron chi connectivity index (χ1n) is 15.9. The van der Waals surface area contributed by atoms with Gasteiger partial charge in [0.05, 0.1) is 19.8 Å². The first-order chi connectivity index (χ1) is 23.0. The maximum Gasteiger partial charge on any atom is 0.328 e. The van der Waals surface area contributed by atoms with Crippen LogP contribution in [0.25, 0.3) is 0 Å². The van der Waals surface area contributed by atoms with E-state index in [4.69, 9.17) is 16.6 Å². The molecule has 19 nitrogen and oxygen atoms in total. The Kier molecular flexibility index (Phi) is 22.0. The normalized spacial score (nSPS) is 15.5. The van der Waals surface area contributed by atoms with Crippen LogP contribution in [0.5, 0.6) is 0 Å². The van der Waals surface area contributed by atoms with Crippen molar-refractivity contribution in [2.45, 2.75) is 95.7 Å². The number of nitrogens with one attached hydrogen (secondary N) is 6. The minimum atomic E-state index is -1.60. The Hall–Kier alpha value is -3.56. The van der Waals surface area contributed by atoms with Crippen molar-refractivity contribution in [2.24, 2.45) is 23.3 Å². The lowest BCUT2D eigenvalue weighted by Crippen LogP contribution is -2.61. The van der Waals surface area contributed by atoms with Crippen LogP contribution in [0.2, 0.25) is 0 Å². The van der Waals surface area contributed by atoms with Crippen LogP contribution < -0.4 is 43.4 Å².